The molecule has 0 aliphatic rings. The topological polar surface area (TPSA) is 46.2 Å². The number of hydrogen-bond acceptors (Lipinski definition) is 2. The number of anilines is 1. The maximum absolute atomic E-state index is 9.35. The van der Waals surface area contributed by atoms with Gasteiger partial charge in [-0.2, -0.15) is 0 Å². The molecule has 13 heavy (non-hydrogen) atoms. The molecule has 3 N–H and O–H groups in total. The minimum absolute atomic E-state index is 0.110. The maximum atomic E-state index is 9.35. The van der Waals surface area contributed by atoms with Crippen LogP contribution in [0.4, 0.5) is 5.69 Å². The van der Waals surface area contributed by atoms with E-state index >= 15 is 0 Å². The van der Waals surface area contributed by atoms with Crippen LogP contribution in [0.2, 0.25) is 0 Å². The number of hydrogen-bond donors (Lipinski definition) is 2. The van der Waals surface area contributed by atoms with E-state index < -0.39 is 0 Å². The molecular weight excluding hydrogens is 162 g/mol. The van der Waals surface area contributed by atoms with E-state index in [1.54, 1.807) is 18.2 Å². The van der Waals surface area contributed by atoms with E-state index in [2.05, 4.69) is 6.58 Å². The van der Waals surface area contributed by atoms with Crippen LogP contribution in [0.3, 0.4) is 0 Å². The average molecular weight is 175 g/mol. The van der Waals surface area contributed by atoms with Gasteiger partial charge in [0.2, 0.25) is 0 Å². The van der Waals surface area contributed by atoms with Gasteiger partial charge in [0.1, 0.15) is 5.75 Å². The Balaban J connectivity index is 3.17. The molecule has 1 aromatic rings. The Morgan fingerprint density at radius 2 is 2.23 bits per heavy atom. The molecule has 0 radical (unpaired) electrons. The summed E-state index contributed by atoms with van der Waals surface area (Å²) in [5.74, 6) is 0.110. The van der Waals surface area contributed by atoms with Crippen molar-refractivity contribution in [3.8, 4) is 5.75 Å². The molecule has 0 aromatic heterocycles. The van der Waals surface area contributed by atoms with Crippen LogP contribution >= 0.6 is 0 Å². The molecule has 2 heteroatoms. The van der Waals surface area contributed by atoms with Crippen LogP contribution in [0.15, 0.2) is 36.9 Å². The van der Waals surface area contributed by atoms with Crippen LogP contribution in [0.1, 0.15) is 12.5 Å². The Bertz CT molecular complexity index is 353. The van der Waals surface area contributed by atoms with Crippen molar-refractivity contribution in [1.29, 1.82) is 0 Å². The van der Waals surface area contributed by atoms with E-state index in [0.717, 1.165) is 11.1 Å². The van der Waals surface area contributed by atoms with Gasteiger partial charge >= 0.3 is 0 Å². The molecule has 1 rings (SSSR count). The van der Waals surface area contributed by atoms with Crippen LogP contribution in [0.25, 0.3) is 5.57 Å². The third-order valence-electron chi connectivity index (χ3n) is 1.89. The molecule has 0 fully saturated rings. The van der Waals surface area contributed by atoms with Crippen molar-refractivity contribution in [2.75, 3.05) is 5.73 Å². The standard InChI is InChI=1S/C11H13NO/c1-3-8(4-2)9-5-6-10(12)11(13)7-9/h3-7,13H,1,12H2,2H3/b8-4+. The zero-order valence-corrected chi connectivity index (χ0v) is 7.62. The van der Waals surface area contributed by atoms with Gasteiger partial charge in [0.15, 0.2) is 0 Å². The second-order valence-electron chi connectivity index (χ2n) is 2.72. The van der Waals surface area contributed by atoms with Gasteiger partial charge in [-0.1, -0.05) is 24.8 Å². The summed E-state index contributed by atoms with van der Waals surface area (Å²) in [6.45, 7) is 5.60. The molecule has 0 atom stereocenters. The first-order valence-corrected chi connectivity index (χ1v) is 4.06. The molecule has 0 unspecified atom stereocenters. The molecular formula is C11H13NO. The fourth-order valence-corrected chi connectivity index (χ4v) is 1.13. The lowest BCUT2D eigenvalue weighted by atomic mass is 10.1. The first kappa shape index (κ1) is 9.39. The normalized spacial score (nSPS) is 11.3. The van der Waals surface area contributed by atoms with Gasteiger partial charge in [0.05, 0.1) is 5.69 Å². The Labute approximate surface area is 78.0 Å². The monoisotopic (exact) mass is 175 g/mol. The van der Waals surface area contributed by atoms with Crippen molar-refractivity contribution in [1.82, 2.24) is 0 Å². The smallest absolute Gasteiger partial charge is 0.139 e. The number of nitrogens with two attached hydrogens (primary N) is 1. The quantitative estimate of drug-likeness (QED) is 0.412. The Morgan fingerprint density at radius 3 is 2.69 bits per heavy atom. The van der Waals surface area contributed by atoms with Crippen molar-refractivity contribution < 1.29 is 5.11 Å². The average Bonchev–Trinajstić information content (AvgIpc) is 2.13. The van der Waals surface area contributed by atoms with Crippen molar-refractivity contribution in [2.45, 2.75) is 6.92 Å². The van der Waals surface area contributed by atoms with Gasteiger partial charge in [-0.05, 0) is 30.2 Å². The van der Waals surface area contributed by atoms with E-state index in [1.807, 2.05) is 19.1 Å². The van der Waals surface area contributed by atoms with Crippen molar-refractivity contribution in [3.05, 3.63) is 42.5 Å². The predicted molar refractivity (Wildman–Crippen MR) is 56.4 cm³/mol. The molecule has 0 bridgehead atoms. The molecule has 0 heterocycles. The second kappa shape index (κ2) is 3.81. The summed E-state index contributed by atoms with van der Waals surface area (Å²) in [6, 6.07) is 5.16. The number of nitrogen functional groups attached to an aromatic ring is 1. The van der Waals surface area contributed by atoms with Gasteiger partial charge in [-0.25, -0.2) is 0 Å². The van der Waals surface area contributed by atoms with Crippen LogP contribution in [0.5, 0.6) is 5.75 Å². The highest BCUT2D eigenvalue weighted by Gasteiger charge is 2.00. The molecule has 0 spiro atoms. The number of phenols is 1. The van der Waals surface area contributed by atoms with E-state index in [-0.39, 0.29) is 5.75 Å². The van der Waals surface area contributed by atoms with Gasteiger partial charge in [0, 0.05) is 0 Å². The Morgan fingerprint density at radius 1 is 1.54 bits per heavy atom. The van der Waals surface area contributed by atoms with Crippen molar-refractivity contribution in [3.63, 3.8) is 0 Å². The lowest BCUT2D eigenvalue weighted by molar-refractivity contribution is 0.478. The van der Waals surface area contributed by atoms with E-state index in [9.17, 15) is 5.11 Å². The highest BCUT2D eigenvalue weighted by atomic mass is 16.3. The first-order valence-electron chi connectivity index (χ1n) is 4.06. The third kappa shape index (κ3) is 1.90. The summed E-state index contributed by atoms with van der Waals surface area (Å²) in [7, 11) is 0. The summed E-state index contributed by atoms with van der Waals surface area (Å²) in [5, 5.41) is 9.35. The molecule has 0 aliphatic heterocycles. The molecule has 0 amide bonds. The highest BCUT2D eigenvalue weighted by Crippen LogP contribution is 2.25. The van der Waals surface area contributed by atoms with E-state index in [4.69, 9.17) is 5.73 Å². The molecule has 0 saturated carbocycles. The predicted octanol–water partition coefficient (Wildman–Crippen LogP) is 2.56. The zero-order valence-electron chi connectivity index (χ0n) is 7.62. The van der Waals surface area contributed by atoms with Crippen LogP contribution < -0.4 is 5.73 Å². The number of benzene rings is 1. The summed E-state index contributed by atoms with van der Waals surface area (Å²) in [4.78, 5) is 0. The SMILES string of the molecule is C=C/C(=C\C)c1ccc(N)c(O)c1. The summed E-state index contributed by atoms with van der Waals surface area (Å²) in [5.41, 5.74) is 7.77. The van der Waals surface area contributed by atoms with Crippen molar-refractivity contribution in [2.24, 2.45) is 0 Å². The van der Waals surface area contributed by atoms with Crippen molar-refractivity contribution >= 4 is 11.3 Å². The summed E-state index contributed by atoms with van der Waals surface area (Å²) >= 11 is 0. The fourth-order valence-electron chi connectivity index (χ4n) is 1.13. The lowest BCUT2D eigenvalue weighted by Gasteiger charge is -2.04. The van der Waals surface area contributed by atoms with Gasteiger partial charge in [-0.3, -0.25) is 0 Å². The van der Waals surface area contributed by atoms with Crippen LogP contribution in [0, 0.1) is 0 Å². The zero-order chi connectivity index (χ0) is 9.84. The van der Waals surface area contributed by atoms with Crippen LogP contribution in [-0.4, -0.2) is 5.11 Å². The summed E-state index contributed by atoms with van der Waals surface area (Å²) < 4.78 is 0. The molecule has 0 aliphatic carbocycles. The lowest BCUT2D eigenvalue weighted by Crippen LogP contribution is -1.87. The van der Waals surface area contributed by atoms with E-state index in [1.165, 1.54) is 0 Å². The number of allylic oxidation sites excluding steroid dienone is 3. The molecule has 68 valence electrons. The second-order valence-corrected chi connectivity index (χ2v) is 2.72. The Hall–Kier alpha value is -1.70. The Kier molecular flexibility index (Phi) is 2.75. The molecule has 2 nitrogen and oxygen atoms in total. The number of aromatic hydroxyl groups is 1. The van der Waals surface area contributed by atoms with Gasteiger partial charge in [0.25, 0.3) is 0 Å². The highest BCUT2D eigenvalue weighted by molar-refractivity contribution is 5.75. The molecule has 1 aromatic carbocycles. The number of phenolic OH excluding ortho intramolecular Hbond substituents is 1. The first-order chi connectivity index (χ1) is 6.19. The third-order valence-corrected chi connectivity index (χ3v) is 1.89. The number of rotatable bonds is 2. The minimum Gasteiger partial charge on any atom is -0.506 e. The summed E-state index contributed by atoms with van der Waals surface area (Å²) in [6.07, 6.45) is 3.67. The fraction of sp³-hybridized carbons (Fsp3) is 0.0909. The molecule has 0 saturated heterocycles. The van der Waals surface area contributed by atoms with E-state index in [0.29, 0.717) is 5.69 Å². The van der Waals surface area contributed by atoms with Gasteiger partial charge in [-0.15, -0.1) is 0 Å². The minimum atomic E-state index is 0.110. The van der Waals surface area contributed by atoms with Crippen LogP contribution in [-0.2, 0) is 0 Å². The maximum Gasteiger partial charge on any atom is 0.139 e. The largest absolute Gasteiger partial charge is 0.506 e. The van der Waals surface area contributed by atoms with Gasteiger partial charge < -0.3 is 10.8 Å².